The SMILES string of the molecule is CCCCC1(C)CCC(CN)(C(C)C)CNC1C(C)(C)C. The van der Waals surface area contributed by atoms with Crippen molar-refractivity contribution < 1.29 is 0 Å². The fraction of sp³-hybridized carbons (Fsp3) is 1.00. The Kier molecular flexibility index (Phi) is 6.32. The molecule has 0 amide bonds. The van der Waals surface area contributed by atoms with Crippen molar-refractivity contribution in [1.82, 2.24) is 5.32 Å². The van der Waals surface area contributed by atoms with Gasteiger partial charge in [0, 0.05) is 12.6 Å². The molecule has 2 heteroatoms. The minimum atomic E-state index is 0.271. The van der Waals surface area contributed by atoms with Crippen LogP contribution in [0, 0.1) is 22.2 Å². The fourth-order valence-corrected chi connectivity index (χ4v) is 4.42. The summed E-state index contributed by atoms with van der Waals surface area (Å²) >= 11 is 0. The second kappa shape index (κ2) is 7.00. The van der Waals surface area contributed by atoms with E-state index in [9.17, 15) is 0 Å². The topological polar surface area (TPSA) is 38.0 Å². The van der Waals surface area contributed by atoms with E-state index in [4.69, 9.17) is 5.73 Å². The molecule has 1 aliphatic rings. The molecule has 0 bridgehead atoms. The molecule has 3 unspecified atom stereocenters. The van der Waals surface area contributed by atoms with E-state index in [2.05, 4.69) is 53.8 Å². The third-order valence-corrected chi connectivity index (χ3v) is 6.15. The van der Waals surface area contributed by atoms with Crippen molar-refractivity contribution >= 4 is 0 Å². The summed E-state index contributed by atoms with van der Waals surface area (Å²) in [5.41, 5.74) is 7.17. The van der Waals surface area contributed by atoms with E-state index in [0.29, 0.717) is 22.8 Å². The normalized spacial score (nSPS) is 35.0. The summed E-state index contributed by atoms with van der Waals surface area (Å²) in [6.45, 7) is 18.5. The third-order valence-electron chi connectivity index (χ3n) is 6.15. The van der Waals surface area contributed by atoms with Crippen LogP contribution in [0.3, 0.4) is 0 Å². The molecule has 0 spiro atoms. The van der Waals surface area contributed by atoms with Crippen molar-refractivity contribution in [1.29, 1.82) is 0 Å². The van der Waals surface area contributed by atoms with E-state index < -0.39 is 0 Å². The molecule has 1 rings (SSSR count). The molecule has 0 radical (unpaired) electrons. The predicted octanol–water partition coefficient (Wildman–Crippen LogP) is 4.58. The first-order valence-electron chi connectivity index (χ1n) is 9.05. The van der Waals surface area contributed by atoms with E-state index in [1.807, 2.05) is 0 Å². The molecule has 1 saturated heterocycles. The van der Waals surface area contributed by atoms with E-state index in [1.54, 1.807) is 0 Å². The number of nitrogens with one attached hydrogen (secondary N) is 1. The Hall–Kier alpha value is -0.0800. The molecule has 1 heterocycles. The lowest BCUT2D eigenvalue weighted by molar-refractivity contribution is 0.0982. The van der Waals surface area contributed by atoms with E-state index in [1.165, 1.54) is 32.1 Å². The lowest BCUT2D eigenvalue weighted by Gasteiger charge is -2.45. The average molecular weight is 297 g/mol. The summed E-state index contributed by atoms with van der Waals surface area (Å²) in [6, 6.07) is 0.573. The number of unbranched alkanes of at least 4 members (excludes halogenated alkanes) is 1. The number of rotatable bonds is 5. The Bertz CT molecular complexity index is 318. The van der Waals surface area contributed by atoms with Gasteiger partial charge in [-0.15, -0.1) is 0 Å². The van der Waals surface area contributed by atoms with Gasteiger partial charge in [0.25, 0.3) is 0 Å². The summed E-state index contributed by atoms with van der Waals surface area (Å²) in [6.07, 6.45) is 6.52. The zero-order valence-corrected chi connectivity index (χ0v) is 15.7. The van der Waals surface area contributed by atoms with Crippen molar-refractivity contribution in [2.24, 2.45) is 27.9 Å². The molecule has 126 valence electrons. The number of nitrogens with two attached hydrogens (primary N) is 1. The van der Waals surface area contributed by atoms with Crippen molar-refractivity contribution in [3.05, 3.63) is 0 Å². The van der Waals surface area contributed by atoms with Gasteiger partial charge in [-0.2, -0.15) is 0 Å². The van der Waals surface area contributed by atoms with E-state index in [-0.39, 0.29) is 5.41 Å². The molecule has 3 atom stereocenters. The van der Waals surface area contributed by atoms with Gasteiger partial charge in [0.05, 0.1) is 0 Å². The Morgan fingerprint density at radius 2 is 1.86 bits per heavy atom. The summed E-state index contributed by atoms with van der Waals surface area (Å²) in [5, 5.41) is 3.96. The van der Waals surface area contributed by atoms with Crippen molar-refractivity contribution in [2.45, 2.75) is 86.6 Å². The fourth-order valence-electron chi connectivity index (χ4n) is 4.42. The van der Waals surface area contributed by atoms with Crippen LogP contribution in [0.1, 0.15) is 80.6 Å². The van der Waals surface area contributed by atoms with E-state index >= 15 is 0 Å². The molecule has 3 N–H and O–H groups in total. The van der Waals surface area contributed by atoms with E-state index in [0.717, 1.165) is 13.1 Å². The second-order valence-electron chi connectivity index (χ2n) is 9.16. The molecule has 21 heavy (non-hydrogen) atoms. The summed E-state index contributed by atoms with van der Waals surface area (Å²) in [7, 11) is 0. The first kappa shape index (κ1) is 19.0. The Morgan fingerprint density at radius 1 is 1.24 bits per heavy atom. The molecule has 0 saturated carbocycles. The zero-order chi connectivity index (χ0) is 16.3. The molecular formula is C19H40N2. The molecule has 0 aromatic heterocycles. The first-order valence-corrected chi connectivity index (χ1v) is 9.05. The monoisotopic (exact) mass is 296 g/mol. The predicted molar refractivity (Wildman–Crippen MR) is 94.4 cm³/mol. The molecule has 0 aliphatic carbocycles. The van der Waals surface area contributed by atoms with Gasteiger partial charge in [-0.05, 0) is 48.0 Å². The van der Waals surface area contributed by atoms with Crippen LogP contribution in [0.5, 0.6) is 0 Å². The minimum Gasteiger partial charge on any atom is -0.330 e. The van der Waals surface area contributed by atoms with Crippen LogP contribution >= 0.6 is 0 Å². The van der Waals surface area contributed by atoms with Gasteiger partial charge in [0.15, 0.2) is 0 Å². The molecule has 2 nitrogen and oxygen atoms in total. The Labute approximate surface area is 133 Å². The van der Waals surface area contributed by atoms with Gasteiger partial charge in [0.2, 0.25) is 0 Å². The van der Waals surface area contributed by atoms with Crippen LogP contribution in [0.4, 0.5) is 0 Å². The molecular weight excluding hydrogens is 256 g/mol. The lowest BCUT2D eigenvalue weighted by Crippen LogP contribution is -2.52. The Balaban J connectivity index is 3.06. The molecule has 0 aromatic carbocycles. The summed E-state index contributed by atoms with van der Waals surface area (Å²) in [5.74, 6) is 0.643. The third kappa shape index (κ3) is 4.22. The van der Waals surface area contributed by atoms with Crippen molar-refractivity contribution in [3.63, 3.8) is 0 Å². The highest BCUT2D eigenvalue weighted by atomic mass is 15.0. The highest BCUT2D eigenvalue weighted by Gasteiger charge is 2.46. The first-order chi connectivity index (χ1) is 9.61. The number of hydrogen-bond donors (Lipinski definition) is 2. The maximum Gasteiger partial charge on any atom is 0.0170 e. The molecule has 1 aliphatic heterocycles. The Morgan fingerprint density at radius 3 is 2.29 bits per heavy atom. The van der Waals surface area contributed by atoms with Gasteiger partial charge in [-0.3, -0.25) is 0 Å². The molecule has 1 fully saturated rings. The lowest BCUT2D eigenvalue weighted by atomic mass is 9.64. The highest BCUT2D eigenvalue weighted by Crippen LogP contribution is 2.47. The minimum absolute atomic E-state index is 0.271. The number of hydrogen-bond acceptors (Lipinski definition) is 2. The van der Waals surface area contributed by atoms with Gasteiger partial charge < -0.3 is 11.1 Å². The van der Waals surface area contributed by atoms with Crippen LogP contribution in [0.15, 0.2) is 0 Å². The van der Waals surface area contributed by atoms with Crippen LogP contribution < -0.4 is 11.1 Å². The van der Waals surface area contributed by atoms with Gasteiger partial charge in [0.1, 0.15) is 0 Å². The van der Waals surface area contributed by atoms with Gasteiger partial charge in [-0.1, -0.05) is 61.3 Å². The highest BCUT2D eigenvalue weighted by molar-refractivity contribution is 5.01. The second-order valence-corrected chi connectivity index (χ2v) is 9.16. The van der Waals surface area contributed by atoms with Crippen LogP contribution in [-0.4, -0.2) is 19.1 Å². The standard InChI is InChI=1S/C19H40N2/c1-8-9-10-18(7)11-12-19(13-20,15(2)3)14-21-16(18)17(4,5)6/h15-16,21H,8-14,20H2,1-7H3. The molecule has 0 aromatic rings. The van der Waals surface area contributed by atoms with Gasteiger partial charge in [-0.25, -0.2) is 0 Å². The average Bonchev–Trinajstić information content (AvgIpc) is 2.54. The quantitative estimate of drug-likeness (QED) is 0.779. The smallest absolute Gasteiger partial charge is 0.0170 e. The zero-order valence-electron chi connectivity index (χ0n) is 15.7. The van der Waals surface area contributed by atoms with Crippen molar-refractivity contribution in [3.8, 4) is 0 Å². The summed E-state index contributed by atoms with van der Waals surface area (Å²) in [4.78, 5) is 0. The largest absolute Gasteiger partial charge is 0.330 e. The van der Waals surface area contributed by atoms with Crippen molar-refractivity contribution in [2.75, 3.05) is 13.1 Å². The van der Waals surface area contributed by atoms with Crippen LogP contribution in [0.2, 0.25) is 0 Å². The maximum atomic E-state index is 6.21. The summed E-state index contributed by atoms with van der Waals surface area (Å²) < 4.78 is 0. The van der Waals surface area contributed by atoms with Gasteiger partial charge >= 0.3 is 0 Å². The maximum absolute atomic E-state index is 6.21. The van der Waals surface area contributed by atoms with Crippen LogP contribution in [-0.2, 0) is 0 Å². The van der Waals surface area contributed by atoms with Crippen LogP contribution in [0.25, 0.3) is 0 Å².